The molecule has 0 bridgehead atoms. The Morgan fingerprint density at radius 2 is 2.12 bits per heavy atom. The first-order valence-corrected chi connectivity index (χ1v) is 10.8. The number of primary amides is 1. The minimum atomic E-state index is -0.542. The van der Waals surface area contributed by atoms with E-state index in [-0.39, 0.29) is 18.1 Å². The first-order valence-electron chi connectivity index (χ1n) is 10.8. The van der Waals surface area contributed by atoms with Crippen molar-refractivity contribution in [3.63, 3.8) is 0 Å². The summed E-state index contributed by atoms with van der Waals surface area (Å²) in [6.07, 6.45) is 3.66. The van der Waals surface area contributed by atoms with E-state index in [2.05, 4.69) is 14.9 Å². The molecule has 1 atom stereocenters. The number of likely N-dealkylation sites (tertiary alicyclic amines) is 1. The zero-order valence-electron chi connectivity index (χ0n) is 18.5. The number of aromatic amines is 1. The highest BCUT2D eigenvalue weighted by Crippen LogP contribution is 2.31. The number of carbonyl (C=O) groups excluding carboxylic acids is 1. The fourth-order valence-corrected chi connectivity index (χ4v) is 4.09. The van der Waals surface area contributed by atoms with E-state index >= 15 is 0 Å². The monoisotopic (exact) mass is 449 g/mol. The molecule has 4 rings (SSSR count). The number of pyridine rings is 1. The van der Waals surface area contributed by atoms with E-state index in [1.54, 1.807) is 25.4 Å². The Morgan fingerprint density at radius 3 is 2.88 bits per heavy atom. The molecular formula is C24H27N5O4. The van der Waals surface area contributed by atoms with Gasteiger partial charge in [0.15, 0.2) is 23.9 Å². The van der Waals surface area contributed by atoms with E-state index in [1.165, 1.54) is 0 Å². The van der Waals surface area contributed by atoms with Crippen LogP contribution in [0.4, 0.5) is 0 Å². The molecule has 1 amide bonds. The SMILES string of the molecule is COc1cc(CN2CCCC(c3cc(=O)[nH]c(-c4ccccn4)n3)C2)ccc1OCC(N)=O. The van der Waals surface area contributed by atoms with Crippen LogP contribution in [0.5, 0.6) is 11.5 Å². The second kappa shape index (κ2) is 10.3. The van der Waals surface area contributed by atoms with Crippen molar-refractivity contribution in [2.24, 2.45) is 5.73 Å². The lowest BCUT2D eigenvalue weighted by atomic mass is 9.94. The van der Waals surface area contributed by atoms with Crippen LogP contribution >= 0.6 is 0 Å². The molecule has 172 valence electrons. The number of ether oxygens (including phenoxy) is 2. The van der Waals surface area contributed by atoms with Gasteiger partial charge in [0.25, 0.3) is 11.5 Å². The Labute approximate surface area is 191 Å². The summed E-state index contributed by atoms with van der Waals surface area (Å²) in [4.78, 5) is 37.5. The maximum atomic E-state index is 12.3. The van der Waals surface area contributed by atoms with Gasteiger partial charge in [-0.3, -0.25) is 19.5 Å². The van der Waals surface area contributed by atoms with E-state index in [0.29, 0.717) is 23.0 Å². The van der Waals surface area contributed by atoms with Gasteiger partial charge in [-0.05, 0) is 49.2 Å². The third-order valence-corrected chi connectivity index (χ3v) is 5.60. The van der Waals surface area contributed by atoms with Crippen LogP contribution in [0.1, 0.15) is 30.0 Å². The molecule has 1 aromatic carbocycles. The molecular weight excluding hydrogens is 422 g/mol. The fourth-order valence-electron chi connectivity index (χ4n) is 4.09. The molecule has 0 radical (unpaired) electrons. The average molecular weight is 450 g/mol. The number of methoxy groups -OCH3 is 1. The van der Waals surface area contributed by atoms with Gasteiger partial charge in [-0.25, -0.2) is 4.98 Å². The summed E-state index contributed by atoms with van der Waals surface area (Å²) < 4.78 is 10.8. The van der Waals surface area contributed by atoms with Crippen LogP contribution in [0.15, 0.2) is 53.5 Å². The van der Waals surface area contributed by atoms with Gasteiger partial charge in [0.1, 0.15) is 5.69 Å². The Morgan fingerprint density at radius 1 is 1.24 bits per heavy atom. The summed E-state index contributed by atoms with van der Waals surface area (Å²) in [7, 11) is 1.56. The number of H-pyrrole nitrogens is 1. The van der Waals surface area contributed by atoms with Crippen molar-refractivity contribution in [1.29, 1.82) is 0 Å². The molecule has 1 aliphatic heterocycles. The molecule has 2 aromatic heterocycles. The fraction of sp³-hybridized carbons (Fsp3) is 0.333. The quantitative estimate of drug-likeness (QED) is 0.540. The molecule has 33 heavy (non-hydrogen) atoms. The lowest BCUT2D eigenvalue weighted by Gasteiger charge is -2.32. The first kappa shape index (κ1) is 22.5. The Hall–Kier alpha value is -3.72. The first-order chi connectivity index (χ1) is 16.0. The number of carbonyl (C=O) groups is 1. The van der Waals surface area contributed by atoms with Crippen molar-refractivity contribution in [3.05, 3.63) is 70.3 Å². The molecule has 3 N–H and O–H groups in total. The molecule has 1 saturated heterocycles. The predicted octanol–water partition coefficient (Wildman–Crippen LogP) is 2.08. The smallest absolute Gasteiger partial charge is 0.255 e. The minimum absolute atomic E-state index is 0.156. The molecule has 1 aliphatic rings. The Bertz CT molecular complexity index is 1170. The van der Waals surface area contributed by atoms with E-state index in [4.69, 9.17) is 20.2 Å². The third-order valence-electron chi connectivity index (χ3n) is 5.60. The molecule has 1 fully saturated rings. The van der Waals surface area contributed by atoms with E-state index in [0.717, 1.165) is 43.7 Å². The van der Waals surface area contributed by atoms with Gasteiger partial charge in [-0.15, -0.1) is 0 Å². The van der Waals surface area contributed by atoms with Gasteiger partial charge in [-0.1, -0.05) is 12.1 Å². The maximum Gasteiger partial charge on any atom is 0.255 e. The second-order valence-corrected chi connectivity index (χ2v) is 8.05. The number of nitrogens with two attached hydrogens (primary N) is 1. The van der Waals surface area contributed by atoms with Crippen molar-refractivity contribution < 1.29 is 14.3 Å². The standard InChI is InChI=1S/C24H27N5O4/c1-32-21-11-16(7-8-20(21)33-15-22(25)30)13-29-10-4-5-17(14-29)19-12-23(31)28-24(27-19)18-6-2-3-9-26-18/h2-3,6-9,11-12,17H,4-5,10,13-15H2,1H3,(H2,25,30)(H,27,28,31). The number of rotatable bonds is 8. The van der Waals surface area contributed by atoms with Crippen LogP contribution in [-0.4, -0.2) is 52.6 Å². The summed E-state index contributed by atoms with van der Waals surface area (Å²) in [5.74, 6) is 1.14. The normalized spacial score (nSPS) is 16.3. The van der Waals surface area contributed by atoms with Gasteiger partial charge in [-0.2, -0.15) is 0 Å². The highest BCUT2D eigenvalue weighted by molar-refractivity contribution is 5.75. The van der Waals surface area contributed by atoms with Gasteiger partial charge in [0.2, 0.25) is 0 Å². The van der Waals surface area contributed by atoms with Crippen LogP contribution in [0.25, 0.3) is 11.5 Å². The lowest BCUT2D eigenvalue weighted by Crippen LogP contribution is -2.34. The molecule has 0 spiro atoms. The minimum Gasteiger partial charge on any atom is -0.493 e. The number of nitrogens with zero attached hydrogens (tertiary/aromatic N) is 3. The molecule has 0 aliphatic carbocycles. The highest BCUT2D eigenvalue weighted by atomic mass is 16.5. The zero-order chi connectivity index (χ0) is 23.2. The molecule has 9 heteroatoms. The van der Waals surface area contributed by atoms with Gasteiger partial charge >= 0.3 is 0 Å². The van der Waals surface area contributed by atoms with Gasteiger partial charge in [0, 0.05) is 31.3 Å². The van der Waals surface area contributed by atoms with Crippen molar-refractivity contribution in [3.8, 4) is 23.0 Å². The average Bonchev–Trinajstić information content (AvgIpc) is 2.83. The molecule has 3 aromatic rings. The molecule has 3 heterocycles. The zero-order valence-corrected chi connectivity index (χ0v) is 18.5. The Balaban J connectivity index is 1.48. The predicted molar refractivity (Wildman–Crippen MR) is 123 cm³/mol. The number of hydrogen-bond donors (Lipinski definition) is 2. The largest absolute Gasteiger partial charge is 0.493 e. The molecule has 1 unspecified atom stereocenters. The number of aromatic nitrogens is 3. The third kappa shape index (κ3) is 5.75. The summed E-state index contributed by atoms with van der Waals surface area (Å²) in [6.45, 7) is 2.27. The summed E-state index contributed by atoms with van der Waals surface area (Å²) in [5.41, 5.74) is 7.48. The van der Waals surface area contributed by atoms with E-state index in [1.807, 2.05) is 30.3 Å². The van der Waals surface area contributed by atoms with Crippen molar-refractivity contribution in [1.82, 2.24) is 19.9 Å². The number of benzene rings is 1. The summed E-state index contributed by atoms with van der Waals surface area (Å²) in [6, 6.07) is 12.8. The highest BCUT2D eigenvalue weighted by Gasteiger charge is 2.24. The lowest BCUT2D eigenvalue weighted by molar-refractivity contribution is -0.119. The van der Waals surface area contributed by atoms with E-state index in [9.17, 15) is 9.59 Å². The van der Waals surface area contributed by atoms with Gasteiger partial charge in [0.05, 0.1) is 12.8 Å². The van der Waals surface area contributed by atoms with Gasteiger partial charge < -0.3 is 20.2 Å². The summed E-state index contributed by atoms with van der Waals surface area (Å²) >= 11 is 0. The second-order valence-electron chi connectivity index (χ2n) is 8.05. The number of amides is 1. The number of hydrogen-bond acceptors (Lipinski definition) is 7. The van der Waals surface area contributed by atoms with Crippen molar-refractivity contribution >= 4 is 5.91 Å². The van der Waals surface area contributed by atoms with Crippen molar-refractivity contribution in [2.45, 2.75) is 25.3 Å². The topological polar surface area (TPSA) is 123 Å². The number of nitrogens with one attached hydrogen (secondary N) is 1. The summed E-state index contributed by atoms with van der Waals surface area (Å²) in [5, 5.41) is 0. The van der Waals surface area contributed by atoms with Crippen LogP contribution in [-0.2, 0) is 11.3 Å². The van der Waals surface area contributed by atoms with Crippen LogP contribution in [0, 0.1) is 0 Å². The number of piperidine rings is 1. The van der Waals surface area contributed by atoms with E-state index < -0.39 is 5.91 Å². The van der Waals surface area contributed by atoms with Crippen molar-refractivity contribution in [2.75, 3.05) is 26.8 Å². The van der Waals surface area contributed by atoms with Crippen LogP contribution in [0.3, 0.4) is 0 Å². The maximum absolute atomic E-state index is 12.3. The molecule has 9 nitrogen and oxygen atoms in total. The Kier molecular flexibility index (Phi) is 6.99. The molecule has 0 saturated carbocycles. The van der Waals surface area contributed by atoms with Crippen LogP contribution in [0.2, 0.25) is 0 Å². The van der Waals surface area contributed by atoms with Crippen LogP contribution < -0.4 is 20.8 Å².